The van der Waals surface area contributed by atoms with E-state index in [1.807, 2.05) is 0 Å². The number of rotatable bonds is 3. The van der Waals surface area contributed by atoms with Crippen LogP contribution >= 0.6 is 23.2 Å². The third kappa shape index (κ3) is 3.25. The molecule has 3 rings (SSSR count). The maximum atomic E-state index is 12.6. The van der Waals surface area contributed by atoms with Crippen molar-refractivity contribution in [3.05, 3.63) is 51.8 Å². The fourth-order valence-corrected chi connectivity index (χ4v) is 3.40. The molecule has 24 heavy (non-hydrogen) atoms. The quantitative estimate of drug-likeness (QED) is 0.902. The van der Waals surface area contributed by atoms with E-state index in [0.717, 1.165) is 0 Å². The molecule has 6 nitrogen and oxygen atoms in total. The van der Waals surface area contributed by atoms with Gasteiger partial charge in [0.05, 0.1) is 33.4 Å². The van der Waals surface area contributed by atoms with Gasteiger partial charge in [-0.25, -0.2) is 4.79 Å². The Kier molecular flexibility index (Phi) is 4.78. The van der Waals surface area contributed by atoms with E-state index < -0.39 is 5.97 Å². The van der Waals surface area contributed by atoms with Crippen LogP contribution in [-0.2, 0) is 0 Å². The summed E-state index contributed by atoms with van der Waals surface area (Å²) in [5.41, 5.74) is 0.489. The molecule has 0 unspecified atom stereocenters. The number of nitrogens with zero attached hydrogens (tertiary/aromatic N) is 3. The average molecular weight is 368 g/mol. The molecule has 1 aliphatic heterocycles. The predicted octanol–water partition coefficient (Wildman–Crippen LogP) is 3.37. The molecule has 0 aliphatic carbocycles. The second-order valence-electron chi connectivity index (χ2n) is 5.63. The smallest absolute Gasteiger partial charge is 0.338 e. The van der Waals surface area contributed by atoms with Crippen LogP contribution in [0.2, 0.25) is 10.0 Å². The summed E-state index contributed by atoms with van der Waals surface area (Å²) in [6.45, 7) is 1.07. The van der Waals surface area contributed by atoms with Gasteiger partial charge in [-0.05, 0) is 25.0 Å². The second kappa shape index (κ2) is 6.83. The molecule has 1 N–H and O–H groups in total. The lowest BCUT2D eigenvalue weighted by Gasteiger charge is -2.32. The van der Waals surface area contributed by atoms with Crippen molar-refractivity contribution in [3.8, 4) is 0 Å². The number of halogens is 2. The normalized spacial score (nSPS) is 15.5. The molecule has 1 aliphatic rings. The van der Waals surface area contributed by atoms with Crippen molar-refractivity contribution < 1.29 is 14.7 Å². The van der Waals surface area contributed by atoms with Crippen LogP contribution in [0, 0.1) is 0 Å². The first-order chi connectivity index (χ1) is 11.5. The number of carbonyl (C=O) groups excluding carboxylic acids is 1. The maximum absolute atomic E-state index is 12.6. The summed E-state index contributed by atoms with van der Waals surface area (Å²) in [6.07, 6.45) is 4.24. The minimum absolute atomic E-state index is 0.0730. The number of carboxylic acids is 1. The highest BCUT2D eigenvalue weighted by Crippen LogP contribution is 2.28. The van der Waals surface area contributed by atoms with Gasteiger partial charge in [-0.1, -0.05) is 29.3 Å². The van der Waals surface area contributed by atoms with Gasteiger partial charge in [0.25, 0.3) is 5.91 Å². The summed E-state index contributed by atoms with van der Waals surface area (Å²) in [4.78, 5) is 25.3. The van der Waals surface area contributed by atoms with Crippen LogP contribution in [0.5, 0.6) is 0 Å². The molecular weight excluding hydrogens is 353 g/mol. The third-order valence-corrected chi connectivity index (χ3v) is 4.78. The number of hydrogen-bond acceptors (Lipinski definition) is 3. The molecule has 1 amide bonds. The zero-order valence-electron chi connectivity index (χ0n) is 12.7. The van der Waals surface area contributed by atoms with Crippen LogP contribution in [0.25, 0.3) is 0 Å². The van der Waals surface area contributed by atoms with Crippen LogP contribution in [0.1, 0.15) is 39.6 Å². The Morgan fingerprint density at radius 2 is 1.79 bits per heavy atom. The zero-order valence-corrected chi connectivity index (χ0v) is 14.2. The van der Waals surface area contributed by atoms with Crippen LogP contribution < -0.4 is 0 Å². The van der Waals surface area contributed by atoms with Crippen molar-refractivity contribution in [2.45, 2.75) is 18.9 Å². The molecular formula is C16H15Cl2N3O3. The number of benzene rings is 1. The Morgan fingerprint density at radius 3 is 2.33 bits per heavy atom. The van der Waals surface area contributed by atoms with Gasteiger partial charge in [-0.15, -0.1) is 0 Å². The minimum Gasteiger partial charge on any atom is -0.478 e. The summed E-state index contributed by atoms with van der Waals surface area (Å²) < 4.78 is 1.66. The van der Waals surface area contributed by atoms with Crippen LogP contribution in [0.3, 0.4) is 0 Å². The lowest BCUT2D eigenvalue weighted by atomic mass is 10.0. The van der Waals surface area contributed by atoms with Gasteiger partial charge in [-0.3, -0.25) is 9.48 Å². The van der Waals surface area contributed by atoms with Gasteiger partial charge in [0.15, 0.2) is 0 Å². The molecule has 8 heteroatoms. The monoisotopic (exact) mass is 367 g/mol. The fourth-order valence-electron chi connectivity index (χ4n) is 2.84. The van der Waals surface area contributed by atoms with E-state index in [2.05, 4.69) is 5.10 Å². The van der Waals surface area contributed by atoms with Crippen molar-refractivity contribution in [3.63, 3.8) is 0 Å². The molecule has 126 valence electrons. The molecule has 2 aromatic rings. The Morgan fingerprint density at radius 1 is 1.17 bits per heavy atom. The highest BCUT2D eigenvalue weighted by molar-refractivity contribution is 6.39. The van der Waals surface area contributed by atoms with E-state index in [1.165, 1.54) is 12.4 Å². The zero-order chi connectivity index (χ0) is 17.3. The summed E-state index contributed by atoms with van der Waals surface area (Å²) in [5, 5.41) is 13.7. The molecule has 0 radical (unpaired) electrons. The molecule has 1 aromatic heterocycles. The number of likely N-dealkylation sites (tertiary alicyclic amines) is 1. The van der Waals surface area contributed by atoms with Gasteiger partial charge in [0, 0.05) is 19.3 Å². The minimum atomic E-state index is -0.998. The largest absolute Gasteiger partial charge is 0.478 e. The second-order valence-corrected chi connectivity index (χ2v) is 6.45. The number of piperidine rings is 1. The number of carbonyl (C=O) groups is 2. The molecule has 1 fully saturated rings. The molecule has 1 aromatic carbocycles. The average Bonchev–Trinajstić information content (AvgIpc) is 3.05. The lowest BCUT2D eigenvalue weighted by molar-refractivity contribution is 0.0688. The van der Waals surface area contributed by atoms with Gasteiger partial charge >= 0.3 is 5.97 Å². The van der Waals surface area contributed by atoms with E-state index >= 15 is 0 Å². The van der Waals surface area contributed by atoms with E-state index in [0.29, 0.717) is 41.5 Å². The van der Waals surface area contributed by atoms with Crippen molar-refractivity contribution in [2.24, 2.45) is 0 Å². The Bertz CT molecular complexity index is 762. The molecule has 0 spiro atoms. The third-order valence-electron chi connectivity index (χ3n) is 4.15. The van der Waals surface area contributed by atoms with Crippen LogP contribution in [0.15, 0.2) is 30.6 Å². The van der Waals surface area contributed by atoms with Crippen molar-refractivity contribution in [1.82, 2.24) is 14.7 Å². The van der Waals surface area contributed by atoms with E-state index in [9.17, 15) is 9.59 Å². The summed E-state index contributed by atoms with van der Waals surface area (Å²) in [6, 6.07) is 5.06. The van der Waals surface area contributed by atoms with Gasteiger partial charge in [0.2, 0.25) is 0 Å². The van der Waals surface area contributed by atoms with Crippen LogP contribution in [0.4, 0.5) is 0 Å². The molecule has 2 heterocycles. The van der Waals surface area contributed by atoms with Gasteiger partial charge < -0.3 is 10.0 Å². The van der Waals surface area contributed by atoms with Gasteiger partial charge in [-0.2, -0.15) is 5.10 Å². The summed E-state index contributed by atoms with van der Waals surface area (Å²) in [7, 11) is 0. The summed E-state index contributed by atoms with van der Waals surface area (Å²) in [5.74, 6) is -1.18. The molecule has 0 atom stereocenters. The highest BCUT2D eigenvalue weighted by atomic mass is 35.5. The summed E-state index contributed by atoms with van der Waals surface area (Å²) >= 11 is 12.2. The topological polar surface area (TPSA) is 75.4 Å². The first kappa shape index (κ1) is 16.8. The number of amides is 1. The Balaban J connectivity index is 1.68. The highest BCUT2D eigenvalue weighted by Gasteiger charge is 2.27. The molecule has 0 bridgehead atoms. The molecule has 0 saturated carbocycles. The first-order valence-electron chi connectivity index (χ1n) is 7.48. The number of carboxylic acid groups (broad SMARTS) is 1. The number of aromatic carboxylic acids is 1. The number of hydrogen-bond donors (Lipinski definition) is 1. The lowest BCUT2D eigenvalue weighted by Crippen LogP contribution is -2.39. The first-order valence-corrected chi connectivity index (χ1v) is 8.23. The SMILES string of the molecule is O=C(O)c1cnn(C2CCN(C(=O)c3c(Cl)cccc3Cl)CC2)c1. The fraction of sp³-hybridized carbons (Fsp3) is 0.312. The number of aromatic nitrogens is 2. The van der Waals surface area contributed by atoms with Crippen molar-refractivity contribution in [1.29, 1.82) is 0 Å². The van der Waals surface area contributed by atoms with E-state index in [-0.39, 0.29) is 17.5 Å². The van der Waals surface area contributed by atoms with Crippen molar-refractivity contribution in [2.75, 3.05) is 13.1 Å². The Hall–Kier alpha value is -2.05. The van der Waals surface area contributed by atoms with Crippen molar-refractivity contribution >= 4 is 35.1 Å². The molecule has 1 saturated heterocycles. The van der Waals surface area contributed by atoms with E-state index in [4.69, 9.17) is 28.3 Å². The predicted molar refractivity (Wildman–Crippen MR) is 89.8 cm³/mol. The van der Waals surface area contributed by atoms with E-state index in [1.54, 1.807) is 27.8 Å². The van der Waals surface area contributed by atoms with Crippen LogP contribution in [-0.4, -0.2) is 44.8 Å². The standard InChI is InChI=1S/C16H15Cl2N3O3/c17-12-2-1-3-13(18)14(12)15(22)20-6-4-11(5-7-20)21-9-10(8-19-21)16(23)24/h1-3,8-9,11H,4-7H2,(H,23,24). The van der Waals surface area contributed by atoms with Gasteiger partial charge in [0.1, 0.15) is 0 Å². The Labute approximate surface area is 148 Å². The maximum Gasteiger partial charge on any atom is 0.338 e.